The molecule has 0 saturated carbocycles. The minimum atomic E-state index is -1.04. The lowest BCUT2D eigenvalue weighted by atomic mass is 10.0. The Morgan fingerprint density at radius 2 is 1.83 bits per heavy atom. The van der Waals surface area contributed by atoms with Crippen molar-refractivity contribution in [3.05, 3.63) is 53.1 Å². The summed E-state index contributed by atoms with van der Waals surface area (Å²) in [6, 6.07) is 10.3. The maximum Gasteiger partial charge on any atom is 0.332 e. The van der Waals surface area contributed by atoms with Gasteiger partial charge in [0.25, 0.3) is 5.91 Å². The number of carboxylic acids is 1. The maximum absolute atomic E-state index is 12.7. The van der Waals surface area contributed by atoms with Crippen molar-refractivity contribution in [3.63, 3.8) is 0 Å². The van der Waals surface area contributed by atoms with E-state index in [9.17, 15) is 19.8 Å². The summed E-state index contributed by atoms with van der Waals surface area (Å²) in [5.74, 6) is -0.815. The summed E-state index contributed by atoms with van der Waals surface area (Å²) in [6.45, 7) is 0.259. The van der Waals surface area contributed by atoms with E-state index in [-0.39, 0.29) is 17.9 Å². The summed E-state index contributed by atoms with van der Waals surface area (Å²) in [5.41, 5.74) is 3.42. The number of aromatic hydroxyl groups is 1. The third-order valence-electron chi connectivity index (χ3n) is 4.90. The molecule has 29 heavy (non-hydrogen) atoms. The summed E-state index contributed by atoms with van der Waals surface area (Å²) >= 11 is 0. The molecule has 0 fully saturated rings. The van der Waals surface area contributed by atoms with Crippen molar-refractivity contribution in [2.75, 3.05) is 19.5 Å². The number of phenolic OH excluding ortho intramolecular Hbond substituents is 1. The Balaban J connectivity index is 1.94. The van der Waals surface area contributed by atoms with E-state index in [2.05, 4.69) is 5.32 Å². The lowest BCUT2D eigenvalue weighted by Gasteiger charge is -2.15. The number of methoxy groups -OCH3 is 2. The number of aliphatic carboxylic acids is 1. The molecule has 0 spiro atoms. The summed E-state index contributed by atoms with van der Waals surface area (Å²) < 4.78 is 10.6. The predicted octanol–water partition coefficient (Wildman–Crippen LogP) is 3.72. The van der Waals surface area contributed by atoms with Gasteiger partial charge in [0, 0.05) is 41.1 Å². The second kappa shape index (κ2) is 8.79. The quantitative estimate of drug-likeness (QED) is 0.658. The summed E-state index contributed by atoms with van der Waals surface area (Å²) in [7, 11) is 3.08. The average molecular weight is 397 g/mol. The molecular formula is C22H23NO6. The highest BCUT2D eigenvalue weighted by Gasteiger charge is 2.25. The van der Waals surface area contributed by atoms with Crippen LogP contribution >= 0.6 is 0 Å². The van der Waals surface area contributed by atoms with Gasteiger partial charge in [0.1, 0.15) is 11.5 Å². The minimum Gasteiger partial charge on any atom is -0.508 e. The zero-order chi connectivity index (χ0) is 21.0. The van der Waals surface area contributed by atoms with E-state index in [1.54, 1.807) is 25.3 Å². The van der Waals surface area contributed by atoms with E-state index >= 15 is 0 Å². The Hall–Kier alpha value is -3.32. The van der Waals surface area contributed by atoms with Crippen molar-refractivity contribution >= 4 is 17.6 Å². The number of phenols is 1. The summed E-state index contributed by atoms with van der Waals surface area (Å²) in [4.78, 5) is 24.0. The fourth-order valence-electron chi connectivity index (χ4n) is 3.50. The lowest BCUT2D eigenvalue weighted by molar-refractivity contribution is -0.133. The first kappa shape index (κ1) is 20.4. The molecule has 0 atom stereocenters. The number of carboxylic acid groups (broad SMARTS) is 1. The number of rotatable bonds is 7. The first-order chi connectivity index (χ1) is 13.9. The van der Waals surface area contributed by atoms with Gasteiger partial charge < -0.3 is 25.0 Å². The van der Waals surface area contributed by atoms with Crippen molar-refractivity contribution in [1.82, 2.24) is 0 Å². The molecule has 0 radical (unpaired) electrons. The van der Waals surface area contributed by atoms with Gasteiger partial charge in [-0.05, 0) is 49.1 Å². The first-order valence-electron chi connectivity index (χ1n) is 9.20. The van der Waals surface area contributed by atoms with Crippen LogP contribution in [0.2, 0.25) is 0 Å². The van der Waals surface area contributed by atoms with Crippen LogP contribution < -0.4 is 10.1 Å². The molecule has 3 rings (SSSR count). The van der Waals surface area contributed by atoms with Crippen LogP contribution in [0.25, 0.3) is 11.1 Å². The fraction of sp³-hybridized carbons (Fsp3) is 0.273. The second-order valence-corrected chi connectivity index (χ2v) is 6.76. The van der Waals surface area contributed by atoms with E-state index in [0.717, 1.165) is 16.7 Å². The number of nitrogens with one attached hydrogen (secondary N) is 1. The second-order valence-electron chi connectivity index (χ2n) is 6.76. The molecule has 2 aromatic rings. The Kier molecular flexibility index (Phi) is 6.19. The first-order valence-corrected chi connectivity index (χ1v) is 9.20. The predicted molar refractivity (Wildman–Crippen MR) is 108 cm³/mol. The molecule has 3 N–H and O–H groups in total. The van der Waals surface area contributed by atoms with Gasteiger partial charge in [0.2, 0.25) is 0 Å². The fourth-order valence-corrected chi connectivity index (χ4v) is 3.50. The minimum absolute atomic E-state index is 0.102. The van der Waals surface area contributed by atoms with Gasteiger partial charge in [-0.15, -0.1) is 0 Å². The van der Waals surface area contributed by atoms with Crippen molar-refractivity contribution in [3.8, 4) is 22.6 Å². The number of hydrogen-bond donors (Lipinski definition) is 3. The number of benzene rings is 2. The molecule has 1 amide bonds. The van der Waals surface area contributed by atoms with E-state index in [4.69, 9.17) is 9.47 Å². The summed E-state index contributed by atoms with van der Waals surface area (Å²) in [6.07, 6.45) is 1.52. The SMILES string of the molecule is COCc1cc(-c2ccc(O)cc2OC)ccc1NC(=O)C1=C(C(=O)O)CCC1. The van der Waals surface area contributed by atoms with Crippen LogP contribution in [0.4, 0.5) is 5.69 Å². The molecule has 0 saturated heterocycles. The molecule has 152 valence electrons. The van der Waals surface area contributed by atoms with E-state index < -0.39 is 11.9 Å². The van der Waals surface area contributed by atoms with Gasteiger partial charge in [-0.1, -0.05) is 6.07 Å². The Bertz CT molecular complexity index is 979. The normalized spacial score (nSPS) is 13.4. The van der Waals surface area contributed by atoms with Crippen molar-refractivity contribution in [2.45, 2.75) is 25.9 Å². The Morgan fingerprint density at radius 1 is 1.07 bits per heavy atom. The van der Waals surface area contributed by atoms with Crippen LogP contribution in [-0.4, -0.2) is 36.3 Å². The van der Waals surface area contributed by atoms with Crippen molar-refractivity contribution in [1.29, 1.82) is 0 Å². The standard InChI is InChI=1S/C22H23NO6/c1-28-12-14-10-13(16-8-7-15(24)11-20(16)29-2)6-9-19(14)23-21(25)17-4-3-5-18(17)22(26)27/h6-11,24H,3-5,12H2,1-2H3,(H,23,25)(H,26,27). The number of ether oxygens (including phenoxy) is 2. The maximum atomic E-state index is 12.7. The highest BCUT2D eigenvalue weighted by Crippen LogP contribution is 2.35. The van der Waals surface area contributed by atoms with E-state index in [1.807, 2.05) is 12.1 Å². The lowest BCUT2D eigenvalue weighted by Crippen LogP contribution is -2.17. The number of carbonyl (C=O) groups is 2. The van der Waals surface area contributed by atoms with Gasteiger partial charge in [-0.25, -0.2) is 4.79 Å². The number of carbonyl (C=O) groups excluding carboxylic acids is 1. The van der Waals surface area contributed by atoms with Gasteiger partial charge in [0.15, 0.2) is 0 Å². The Labute approximate surface area is 168 Å². The zero-order valence-corrected chi connectivity index (χ0v) is 16.3. The molecule has 0 aromatic heterocycles. The molecule has 7 heteroatoms. The topological polar surface area (TPSA) is 105 Å². The smallest absolute Gasteiger partial charge is 0.332 e. The van der Waals surface area contributed by atoms with Crippen molar-refractivity contribution < 1.29 is 29.3 Å². The van der Waals surface area contributed by atoms with Crippen LogP contribution in [0.3, 0.4) is 0 Å². The molecule has 0 heterocycles. The van der Waals surface area contributed by atoms with Gasteiger partial charge in [-0.3, -0.25) is 4.79 Å². The summed E-state index contributed by atoms with van der Waals surface area (Å²) in [5, 5.41) is 21.8. The van der Waals surface area contributed by atoms with Crippen LogP contribution in [0.15, 0.2) is 47.5 Å². The molecule has 1 aliphatic carbocycles. The molecule has 0 aliphatic heterocycles. The van der Waals surface area contributed by atoms with Crippen LogP contribution in [0, 0.1) is 0 Å². The number of anilines is 1. The van der Waals surface area contributed by atoms with Crippen molar-refractivity contribution in [2.24, 2.45) is 0 Å². The van der Waals surface area contributed by atoms with Crippen LogP contribution in [0.5, 0.6) is 11.5 Å². The molecule has 0 unspecified atom stereocenters. The molecule has 7 nitrogen and oxygen atoms in total. The Morgan fingerprint density at radius 3 is 2.52 bits per heavy atom. The van der Waals surface area contributed by atoms with Gasteiger partial charge in [0.05, 0.1) is 13.7 Å². The van der Waals surface area contributed by atoms with Gasteiger partial charge in [-0.2, -0.15) is 0 Å². The average Bonchev–Trinajstić information content (AvgIpc) is 3.20. The zero-order valence-electron chi connectivity index (χ0n) is 16.3. The molecule has 2 aromatic carbocycles. The number of hydrogen-bond acceptors (Lipinski definition) is 5. The molecule has 1 aliphatic rings. The van der Waals surface area contributed by atoms with Crippen LogP contribution in [0.1, 0.15) is 24.8 Å². The molecule has 0 bridgehead atoms. The largest absolute Gasteiger partial charge is 0.508 e. The highest BCUT2D eigenvalue weighted by molar-refractivity contribution is 6.09. The molecular weight excluding hydrogens is 374 g/mol. The number of amides is 1. The van der Waals surface area contributed by atoms with Crippen LogP contribution in [-0.2, 0) is 20.9 Å². The monoisotopic (exact) mass is 397 g/mol. The van der Waals surface area contributed by atoms with Gasteiger partial charge >= 0.3 is 5.97 Å². The highest BCUT2D eigenvalue weighted by atomic mass is 16.5. The van der Waals surface area contributed by atoms with E-state index in [1.165, 1.54) is 13.2 Å². The third kappa shape index (κ3) is 4.41. The van der Waals surface area contributed by atoms with E-state index in [0.29, 0.717) is 36.3 Å². The third-order valence-corrected chi connectivity index (χ3v) is 4.90.